The summed E-state index contributed by atoms with van der Waals surface area (Å²) in [7, 11) is 0. The number of hydrogen-bond acceptors (Lipinski definition) is 3. The summed E-state index contributed by atoms with van der Waals surface area (Å²) in [4.78, 5) is 15.7. The van der Waals surface area contributed by atoms with Crippen LogP contribution in [-0.4, -0.2) is 20.8 Å². The molecule has 1 atom stereocenters. The predicted octanol–water partition coefficient (Wildman–Crippen LogP) is 2.78. The lowest BCUT2D eigenvalue weighted by atomic mass is 9.96. The molecule has 2 nitrogen and oxygen atoms in total. The molecule has 0 aromatic heterocycles. The van der Waals surface area contributed by atoms with Crippen LogP contribution in [0.1, 0.15) is 27.7 Å². The van der Waals surface area contributed by atoms with Gasteiger partial charge in [0.15, 0.2) is 0 Å². The number of nitrogens with zero attached hydrogens (tertiary/aromatic N) is 1. The Labute approximate surface area is 88.0 Å². The fraction of sp³-hybridized carbons (Fsp3) is 0.778. The Balaban J connectivity index is 2.74. The minimum Gasteiger partial charge on any atom is -0.271 e. The average Bonchev–Trinajstić information content (AvgIpc) is 2.29. The number of rotatable bonds is 2. The second kappa shape index (κ2) is 4.05. The molecule has 74 valence electrons. The lowest BCUT2D eigenvalue weighted by molar-refractivity contribution is -0.120. The zero-order valence-corrected chi connectivity index (χ0v) is 10.1. The molecule has 1 amide bonds. The van der Waals surface area contributed by atoms with Crippen LogP contribution in [0.15, 0.2) is 4.99 Å². The van der Waals surface area contributed by atoms with Crippen LogP contribution in [0.2, 0.25) is 0 Å². The third kappa shape index (κ3) is 2.10. The fourth-order valence-electron chi connectivity index (χ4n) is 0.992. The van der Waals surface area contributed by atoms with Crippen molar-refractivity contribution in [3.63, 3.8) is 0 Å². The van der Waals surface area contributed by atoms with Gasteiger partial charge in [0.25, 0.3) is 5.91 Å². The maximum absolute atomic E-state index is 11.6. The number of thioether (sulfide) groups is 2. The van der Waals surface area contributed by atoms with Crippen LogP contribution in [0.4, 0.5) is 0 Å². The fourth-order valence-corrected chi connectivity index (χ4v) is 3.35. The van der Waals surface area contributed by atoms with Crippen molar-refractivity contribution in [1.82, 2.24) is 0 Å². The quantitative estimate of drug-likeness (QED) is 0.712. The first-order chi connectivity index (χ1) is 6.00. The third-order valence-electron chi connectivity index (χ3n) is 2.29. The Hall–Kier alpha value is 0.0400. The van der Waals surface area contributed by atoms with E-state index in [9.17, 15) is 4.79 Å². The maximum atomic E-state index is 11.6. The number of carbonyl (C=O) groups excluding carboxylic acids is 1. The van der Waals surface area contributed by atoms with Crippen LogP contribution in [0.5, 0.6) is 0 Å². The highest BCUT2D eigenvalue weighted by Crippen LogP contribution is 2.42. The molecule has 0 saturated carbocycles. The zero-order chi connectivity index (χ0) is 10.1. The number of amides is 1. The van der Waals surface area contributed by atoms with Crippen molar-refractivity contribution < 1.29 is 4.79 Å². The Bertz CT molecular complexity index is 250. The smallest absolute Gasteiger partial charge is 0.263 e. The molecule has 0 aromatic rings. The highest BCUT2D eigenvalue weighted by atomic mass is 32.2. The molecule has 1 rings (SSSR count). The van der Waals surface area contributed by atoms with E-state index in [2.05, 4.69) is 25.8 Å². The van der Waals surface area contributed by atoms with Gasteiger partial charge < -0.3 is 0 Å². The van der Waals surface area contributed by atoms with Crippen LogP contribution in [0.3, 0.4) is 0 Å². The maximum Gasteiger partial charge on any atom is 0.263 e. The second-order valence-corrected chi connectivity index (χ2v) is 6.43. The Morgan fingerprint density at radius 3 is 2.62 bits per heavy atom. The van der Waals surface area contributed by atoms with Gasteiger partial charge in [0.05, 0.1) is 0 Å². The van der Waals surface area contributed by atoms with Crippen molar-refractivity contribution in [3.05, 3.63) is 0 Å². The molecule has 4 heteroatoms. The minimum absolute atomic E-state index is 0.0310. The van der Waals surface area contributed by atoms with Crippen LogP contribution in [-0.2, 0) is 4.79 Å². The summed E-state index contributed by atoms with van der Waals surface area (Å²) in [5, 5.41) is 0. The van der Waals surface area contributed by atoms with E-state index in [0.29, 0.717) is 5.92 Å². The van der Waals surface area contributed by atoms with E-state index in [-0.39, 0.29) is 10.7 Å². The van der Waals surface area contributed by atoms with Gasteiger partial charge in [0, 0.05) is 0 Å². The number of carbonyl (C=O) groups is 1. The van der Waals surface area contributed by atoms with Crippen molar-refractivity contribution in [1.29, 1.82) is 0 Å². The molecule has 0 radical (unpaired) electrons. The highest BCUT2D eigenvalue weighted by molar-refractivity contribution is 8.40. The van der Waals surface area contributed by atoms with Gasteiger partial charge in [0.1, 0.15) is 9.12 Å². The molecule has 1 aliphatic rings. The molecule has 1 unspecified atom stereocenters. The SMILES string of the molecule is CCSC1=NC(=O)C(C)(C(C)C)S1. The molecule has 1 aliphatic heterocycles. The van der Waals surface area contributed by atoms with E-state index >= 15 is 0 Å². The van der Waals surface area contributed by atoms with Gasteiger partial charge in [-0.25, -0.2) is 0 Å². The van der Waals surface area contributed by atoms with Crippen molar-refractivity contribution >= 4 is 33.8 Å². The van der Waals surface area contributed by atoms with Crippen molar-refractivity contribution in [3.8, 4) is 0 Å². The summed E-state index contributed by atoms with van der Waals surface area (Å²) in [6, 6.07) is 0. The van der Waals surface area contributed by atoms with E-state index < -0.39 is 0 Å². The van der Waals surface area contributed by atoms with Gasteiger partial charge in [0.2, 0.25) is 0 Å². The molecule has 0 saturated heterocycles. The van der Waals surface area contributed by atoms with Gasteiger partial charge in [-0.05, 0) is 18.6 Å². The molecule has 13 heavy (non-hydrogen) atoms. The van der Waals surface area contributed by atoms with E-state index in [1.54, 1.807) is 23.5 Å². The summed E-state index contributed by atoms with van der Waals surface area (Å²) >= 11 is 3.27. The molecule has 0 bridgehead atoms. The first kappa shape index (κ1) is 11.1. The predicted molar refractivity (Wildman–Crippen MR) is 61.4 cm³/mol. The summed E-state index contributed by atoms with van der Waals surface area (Å²) in [6.45, 7) is 8.20. The summed E-state index contributed by atoms with van der Waals surface area (Å²) in [6.07, 6.45) is 0. The standard InChI is InChI=1S/C9H15NOS2/c1-5-12-8-10-7(11)9(4,13-8)6(2)3/h6H,5H2,1-4H3. The molecule has 0 fully saturated rings. The van der Waals surface area contributed by atoms with Gasteiger partial charge in [-0.2, -0.15) is 4.99 Å². The van der Waals surface area contributed by atoms with Gasteiger partial charge in [-0.3, -0.25) is 4.79 Å². The van der Waals surface area contributed by atoms with Crippen LogP contribution in [0.25, 0.3) is 0 Å². The van der Waals surface area contributed by atoms with Crippen molar-refractivity contribution in [2.45, 2.75) is 32.4 Å². The second-order valence-electron chi connectivity index (χ2n) is 3.48. The lowest BCUT2D eigenvalue weighted by Gasteiger charge is -2.23. The third-order valence-corrected chi connectivity index (χ3v) is 4.85. The van der Waals surface area contributed by atoms with E-state index in [1.165, 1.54) is 0 Å². The van der Waals surface area contributed by atoms with E-state index in [0.717, 1.165) is 10.1 Å². The normalized spacial score (nSPS) is 28.4. The summed E-state index contributed by atoms with van der Waals surface area (Å²) in [5.74, 6) is 1.35. The first-order valence-electron chi connectivity index (χ1n) is 4.45. The molecule has 0 aliphatic carbocycles. The molecule has 1 heterocycles. The number of hydrogen-bond donors (Lipinski definition) is 0. The first-order valence-corrected chi connectivity index (χ1v) is 6.25. The summed E-state index contributed by atoms with van der Waals surface area (Å²) in [5.41, 5.74) is 0. The molecular formula is C9H15NOS2. The van der Waals surface area contributed by atoms with Crippen LogP contribution < -0.4 is 0 Å². The van der Waals surface area contributed by atoms with Gasteiger partial charge in [-0.1, -0.05) is 44.3 Å². The Morgan fingerprint density at radius 1 is 1.62 bits per heavy atom. The molecule has 0 aromatic carbocycles. The zero-order valence-electron chi connectivity index (χ0n) is 8.46. The highest BCUT2D eigenvalue weighted by Gasteiger charge is 2.43. The molecule has 0 N–H and O–H groups in total. The van der Waals surface area contributed by atoms with Crippen molar-refractivity contribution in [2.24, 2.45) is 10.9 Å². The molecular weight excluding hydrogens is 202 g/mol. The monoisotopic (exact) mass is 217 g/mol. The number of aliphatic imine (C=N–C) groups is 1. The van der Waals surface area contributed by atoms with Crippen LogP contribution >= 0.6 is 23.5 Å². The largest absolute Gasteiger partial charge is 0.271 e. The van der Waals surface area contributed by atoms with Crippen molar-refractivity contribution in [2.75, 3.05) is 5.75 Å². The van der Waals surface area contributed by atoms with Crippen LogP contribution in [0, 0.1) is 5.92 Å². The minimum atomic E-state index is -0.322. The van der Waals surface area contributed by atoms with Gasteiger partial charge >= 0.3 is 0 Å². The average molecular weight is 217 g/mol. The van der Waals surface area contributed by atoms with E-state index in [4.69, 9.17) is 0 Å². The Kier molecular flexibility index (Phi) is 3.46. The van der Waals surface area contributed by atoms with E-state index in [1.807, 2.05) is 6.92 Å². The summed E-state index contributed by atoms with van der Waals surface area (Å²) < 4.78 is 0.612. The molecule has 0 spiro atoms. The Morgan fingerprint density at radius 2 is 2.23 bits per heavy atom. The topological polar surface area (TPSA) is 29.4 Å². The van der Waals surface area contributed by atoms with Gasteiger partial charge in [-0.15, -0.1) is 0 Å². The lowest BCUT2D eigenvalue weighted by Crippen LogP contribution is -2.33.